The van der Waals surface area contributed by atoms with Gasteiger partial charge in [0.1, 0.15) is 11.9 Å². The van der Waals surface area contributed by atoms with Crippen LogP contribution in [0.1, 0.15) is 12.5 Å². The summed E-state index contributed by atoms with van der Waals surface area (Å²) in [4.78, 5) is 11.9. The quantitative estimate of drug-likeness (QED) is 0.881. The highest BCUT2D eigenvalue weighted by molar-refractivity contribution is 5.85. The number of carbonyl (C=O) groups is 1. The monoisotopic (exact) mass is 302 g/mol. The molecule has 2 atom stereocenters. The average molecular weight is 303 g/mol. The molecule has 1 aliphatic heterocycles. The van der Waals surface area contributed by atoms with Crippen LogP contribution in [-0.2, 0) is 16.0 Å². The maximum Gasteiger partial charge on any atom is 0.239 e. The number of halogens is 2. The predicted molar refractivity (Wildman–Crippen MR) is 77.6 cm³/mol. The van der Waals surface area contributed by atoms with Crippen molar-refractivity contribution in [2.24, 2.45) is 0 Å². The zero-order valence-electron chi connectivity index (χ0n) is 11.4. The van der Waals surface area contributed by atoms with Gasteiger partial charge in [-0.05, 0) is 31.0 Å². The fourth-order valence-corrected chi connectivity index (χ4v) is 2.16. The van der Waals surface area contributed by atoms with Gasteiger partial charge in [-0.25, -0.2) is 4.39 Å². The van der Waals surface area contributed by atoms with Crippen molar-refractivity contribution in [1.82, 2.24) is 10.6 Å². The molecule has 0 aliphatic carbocycles. The summed E-state index contributed by atoms with van der Waals surface area (Å²) >= 11 is 0. The molecule has 6 heteroatoms. The van der Waals surface area contributed by atoms with E-state index < -0.39 is 0 Å². The lowest BCUT2D eigenvalue weighted by molar-refractivity contribution is -0.128. The Morgan fingerprint density at radius 1 is 1.55 bits per heavy atom. The third-order valence-electron chi connectivity index (χ3n) is 3.20. The molecular weight excluding hydrogens is 283 g/mol. The van der Waals surface area contributed by atoms with Crippen molar-refractivity contribution in [3.8, 4) is 0 Å². The summed E-state index contributed by atoms with van der Waals surface area (Å²) in [6.45, 7) is 3.69. The standard InChI is InChI=1S/C14H19FN2O2.ClH/c1-10-13(16-7-8-19-10)14(18)17-6-5-11-3-2-4-12(15)9-11;/h2-4,9-10,13,16H,5-8H2,1H3,(H,17,18);1H/t10-,13+;/m1./s1. The second-order valence-corrected chi connectivity index (χ2v) is 4.68. The number of morpholine rings is 1. The summed E-state index contributed by atoms with van der Waals surface area (Å²) in [5.41, 5.74) is 0.876. The molecule has 4 nitrogen and oxygen atoms in total. The first-order chi connectivity index (χ1) is 9.16. The summed E-state index contributed by atoms with van der Waals surface area (Å²) in [5.74, 6) is -0.316. The normalized spacial score (nSPS) is 21.9. The Kier molecular flexibility index (Phi) is 6.91. The molecule has 1 aromatic rings. The van der Waals surface area contributed by atoms with E-state index in [1.54, 1.807) is 6.07 Å². The molecule has 1 aliphatic rings. The van der Waals surface area contributed by atoms with Crippen LogP contribution < -0.4 is 10.6 Å². The van der Waals surface area contributed by atoms with Crippen molar-refractivity contribution in [1.29, 1.82) is 0 Å². The molecule has 0 unspecified atom stereocenters. The number of hydrogen-bond acceptors (Lipinski definition) is 3. The van der Waals surface area contributed by atoms with E-state index in [1.165, 1.54) is 12.1 Å². The summed E-state index contributed by atoms with van der Waals surface area (Å²) in [6, 6.07) is 6.11. The van der Waals surface area contributed by atoms with Gasteiger partial charge in [-0.15, -0.1) is 12.4 Å². The second-order valence-electron chi connectivity index (χ2n) is 4.68. The molecule has 0 bridgehead atoms. The van der Waals surface area contributed by atoms with Crippen LogP contribution in [0.15, 0.2) is 24.3 Å². The van der Waals surface area contributed by atoms with Gasteiger partial charge >= 0.3 is 0 Å². The minimum absolute atomic E-state index is 0. The van der Waals surface area contributed by atoms with Crippen LogP contribution in [-0.4, -0.2) is 37.7 Å². The third-order valence-corrected chi connectivity index (χ3v) is 3.20. The first-order valence-corrected chi connectivity index (χ1v) is 6.54. The van der Waals surface area contributed by atoms with E-state index in [2.05, 4.69) is 10.6 Å². The second kappa shape index (κ2) is 8.19. The van der Waals surface area contributed by atoms with Crippen molar-refractivity contribution in [3.63, 3.8) is 0 Å². The van der Waals surface area contributed by atoms with Gasteiger partial charge in [0.05, 0.1) is 12.7 Å². The first kappa shape index (κ1) is 16.9. The van der Waals surface area contributed by atoms with Gasteiger partial charge in [0, 0.05) is 13.1 Å². The van der Waals surface area contributed by atoms with Crippen LogP contribution >= 0.6 is 12.4 Å². The van der Waals surface area contributed by atoms with Crippen LogP contribution in [0.5, 0.6) is 0 Å². The van der Waals surface area contributed by atoms with Crippen molar-refractivity contribution in [2.75, 3.05) is 19.7 Å². The summed E-state index contributed by atoms with van der Waals surface area (Å²) in [7, 11) is 0. The topological polar surface area (TPSA) is 50.4 Å². The predicted octanol–water partition coefficient (Wildman–Crippen LogP) is 1.28. The van der Waals surface area contributed by atoms with Crippen LogP contribution in [0, 0.1) is 5.82 Å². The maximum atomic E-state index is 13.0. The molecule has 20 heavy (non-hydrogen) atoms. The highest BCUT2D eigenvalue weighted by Gasteiger charge is 2.27. The Hall–Kier alpha value is -1.17. The highest BCUT2D eigenvalue weighted by atomic mass is 35.5. The summed E-state index contributed by atoms with van der Waals surface area (Å²) < 4.78 is 18.4. The molecule has 1 heterocycles. The Bertz CT molecular complexity index is 445. The number of nitrogens with one attached hydrogen (secondary N) is 2. The van der Waals surface area contributed by atoms with Crippen LogP contribution in [0.2, 0.25) is 0 Å². The van der Waals surface area contributed by atoms with E-state index in [4.69, 9.17) is 4.74 Å². The van der Waals surface area contributed by atoms with E-state index in [0.717, 1.165) is 5.56 Å². The number of benzene rings is 1. The molecule has 1 fully saturated rings. The van der Waals surface area contributed by atoms with Gasteiger partial charge in [0.25, 0.3) is 0 Å². The Morgan fingerprint density at radius 2 is 2.35 bits per heavy atom. The number of amides is 1. The molecule has 2 rings (SSSR count). The highest BCUT2D eigenvalue weighted by Crippen LogP contribution is 2.05. The lowest BCUT2D eigenvalue weighted by Crippen LogP contribution is -2.55. The molecule has 1 aromatic carbocycles. The fourth-order valence-electron chi connectivity index (χ4n) is 2.16. The summed E-state index contributed by atoms with van der Waals surface area (Å²) in [5, 5.41) is 5.98. The molecule has 1 amide bonds. The van der Waals surface area contributed by atoms with Crippen molar-refractivity contribution >= 4 is 18.3 Å². The molecule has 0 aromatic heterocycles. The molecule has 112 valence electrons. The van der Waals surface area contributed by atoms with Crippen LogP contribution in [0.25, 0.3) is 0 Å². The van der Waals surface area contributed by atoms with Crippen molar-refractivity contribution < 1.29 is 13.9 Å². The zero-order valence-corrected chi connectivity index (χ0v) is 12.2. The molecule has 2 N–H and O–H groups in total. The third kappa shape index (κ3) is 4.74. The number of rotatable bonds is 4. The molecule has 0 saturated carbocycles. The Labute approximate surface area is 124 Å². The lowest BCUT2D eigenvalue weighted by atomic mass is 10.1. The van der Waals surface area contributed by atoms with E-state index in [1.807, 2.05) is 13.0 Å². The largest absolute Gasteiger partial charge is 0.375 e. The molecule has 0 spiro atoms. The minimum atomic E-state index is -0.304. The average Bonchev–Trinajstić information content (AvgIpc) is 2.39. The number of hydrogen-bond donors (Lipinski definition) is 2. The van der Waals surface area contributed by atoms with Gasteiger partial charge in [-0.2, -0.15) is 0 Å². The molecule has 0 radical (unpaired) electrons. The van der Waals surface area contributed by atoms with Crippen molar-refractivity contribution in [3.05, 3.63) is 35.6 Å². The zero-order chi connectivity index (χ0) is 13.7. The lowest BCUT2D eigenvalue weighted by Gasteiger charge is -2.29. The van der Waals surface area contributed by atoms with E-state index >= 15 is 0 Å². The fraction of sp³-hybridized carbons (Fsp3) is 0.500. The first-order valence-electron chi connectivity index (χ1n) is 6.54. The maximum absolute atomic E-state index is 13.0. The van der Waals surface area contributed by atoms with Gasteiger partial charge in [-0.3, -0.25) is 4.79 Å². The Balaban J connectivity index is 0.00000200. The summed E-state index contributed by atoms with van der Waals surface area (Å²) in [6.07, 6.45) is 0.494. The van der Waals surface area contributed by atoms with E-state index in [0.29, 0.717) is 26.1 Å². The molecule has 1 saturated heterocycles. The van der Waals surface area contributed by atoms with Crippen LogP contribution in [0.3, 0.4) is 0 Å². The minimum Gasteiger partial charge on any atom is -0.375 e. The van der Waals surface area contributed by atoms with E-state index in [9.17, 15) is 9.18 Å². The smallest absolute Gasteiger partial charge is 0.239 e. The van der Waals surface area contributed by atoms with Crippen LogP contribution in [0.4, 0.5) is 4.39 Å². The SMILES string of the molecule is C[C@H]1OCCN[C@@H]1C(=O)NCCc1cccc(F)c1.Cl. The van der Waals surface area contributed by atoms with Gasteiger partial charge < -0.3 is 15.4 Å². The van der Waals surface area contributed by atoms with Gasteiger partial charge in [0.2, 0.25) is 5.91 Å². The Morgan fingerprint density at radius 3 is 3.05 bits per heavy atom. The van der Waals surface area contributed by atoms with Gasteiger partial charge in [0.15, 0.2) is 0 Å². The number of ether oxygens (including phenoxy) is 1. The van der Waals surface area contributed by atoms with Gasteiger partial charge in [-0.1, -0.05) is 12.1 Å². The van der Waals surface area contributed by atoms with E-state index in [-0.39, 0.29) is 36.3 Å². The molecular formula is C14H20ClFN2O2. The van der Waals surface area contributed by atoms with Crippen molar-refractivity contribution in [2.45, 2.75) is 25.5 Å². The number of carbonyl (C=O) groups excluding carboxylic acids is 1.